The lowest BCUT2D eigenvalue weighted by Crippen LogP contribution is -2.16. The molecule has 1 atom stereocenters. The van der Waals surface area contributed by atoms with Gasteiger partial charge in [0.15, 0.2) is 0 Å². The lowest BCUT2D eigenvalue weighted by molar-refractivity contribution is 0.0600. The molecule has 0 unspecified atom stereocenters. The Hall–Kier alpha value is -3.19. The highest BCUT2D eigenvalue weighted by Gasteiger charge is 2.34. The van der Waals surface area contributed by atoms with Crippen LogP contribution in [0.5, 0.6) is 11.5 Å². The van der Waals surface area contributed by atoms with Crippen LogP contribution in [-0.2, 0) is 17.8 Å². The molecule has 0 amide bonds. The molecule has 1 saturated carbocycles. The summed E-state index contributed by atoms with van der Waals surface area (Å²) in [5.74, 6) is 2.12. The fraction of sp³-hybridized carbons (Fsp3) is 0.267. The smallest absolute Gasteiger partial charge is 0.337 e. The number of halogens is 3. The molecule has 2 aliphatic rings. The Bertz CT molecular complexity index is 1540. The van der Waals surface area contributed by atoms with E-state index in [0.29, 0.717) is 43.6 Å². The van der Waals surface area contributed by atoms with Crippen molar-refractivity contribution in [3.05, 3.63) is 97.7 Å². The molecule has 1 aromatic heterocycles. The number of carbonyl (C=O) groups is 1. The Morgan fingerprint density at radius 1 is 1.00 bits per heavy atom. The van der Waals surface area contributed by atoms with E-state index in [1.807, 2.05) is 18.2 Å². The summed E-state index contributed by atoms with van der Waals surface area (Å²) in [5.41, 5.74) is 4.43. The SMILES string of the molecule is COC(=O)c1ccc2c(c1)CC[C@@H](c1ccc(OCc3c(-c4c(Cl)cccc4Cl)noc3C3CC3)cc1Cl)O2. The summed E-state index contributed by atoms with van der Waals surface area (Å²) >= 11 is 19.7. The number of carbonyl (C=O) groups excluding carboxylic acids is 1. The molecule has 6 nitrogen and oxygen atoms in total. The first kappa shape index (κ1) is 26.1. The molecule has 2 heterocycles. The van der Waals surface area contributed by atoms with Gasteiger partial charge in [0.05, 0.1) is 33.3 Å². The Kier molecular flexibility index (Phi) is 7.19. The summed E-state index contributed by atoms with van der Waals surface area (Å²) < 4.78 is 23.0. The number of ether oxygens (including phenoxy) is 3. The van der Waals surface area contributed by atoms with Crippen molar-refractivity contribution >= 4 is 40.8 Å². The van der Waals surface area contributed by atoms with Crippen LogP contribution in [0.15, 0.2) is 59.1 Å². The maximum absolute atomic E-state index is 11.9. The minimum atomic E-state index is -0.365. The molecule has 3 aromatic carbocycles. The fourth-order valence-corrected chi connectivity index (χ4v) is 5.78. The number of methoxy groups -OCH3 is 1. The molecule has 1 aliphatic carbocycles. The maximum Gasteiger partial charge on any atom is 0.337 e. The first-order chi connectivity index (χ1) is 18.9. The van der Waals surface area contributed by atoms with E-state index in [9.17, 15) is 4.79 Å². The van der Waals surface area contributed by atoms with Gasteiger partial charge in [0.2, 0.25) is 0 Å². The molecule has 200 valence electrons. The van der Waals surface area contributed by atoms with Crippen LogP contribution >= 0.6 is 34.8 Å². The number of esters is 1. The minimum absolute atomic E-state index is 0.212. The number of nitrogens with zero attached hydrogens (tertiary/aromatic N) is 1. The topological polar surface area (TPSA) is 70.8 Å². The first-order valence-corrected chi connectivity index (χ1v) is 13.8. The second-order valence-corrected chi connectivity index (χ2v) is 10.9. The molecule has 0 bridgehead atoms. The molecule has 39 heavy (non-hydrogen) atoms. The number of fused-ring (bicyclic) bond motifs is 1. The van der Waals surface area contributed by atoms with Gasteiger partial charge in [-0.05, 0) is 73.7 Å². The van der Waals surface area contributed by atoms with Crippen LogP contribution in [0.1, 0.15) is 64.1 Å². The number of hydrogen-bond acceptors (Lipinski definition) is 6. The van der Waals surface area contributed by atoms with E-state index >= 15 is 0 Å². The standard InChI is InChI=1S/C30H24Cl3NO5/c1-36-30(35)18-8-11-25-17(13-18)7-12-26(38-25)20-10-9-19(14-24(20)33)37-15-21-28(34-39-29(21)16-5-6-16)27-22(31)3-2-4-23(27)32/h2-4,8-11,13-14,16,26H,5-7,12,15H2,1H3/t26-/m0/s1. The normalized spacial score (nSPS) is 16.4. The molecular weight excluding hydrogens is 561 g/mol. The third-order valence-corrected chi connectivity index (χ3v) is 8.05. The molecule has 0 radical (unpaired) electrons. The van der Waals surface area contributed by atoms with Crippen LogP contribution < -0.4 is 9.47 Å². The predicted octanol–water partition coefficient (Wildman–Crippen LogP) is 8.61. The van der Waals surface area contributed by atoms with Gasteiger partial charge in [-0.1, -0.05) is 52.1 Å². The maximum atomic E-state index is 11.9. The van der Waals surface area contributed by atoms with Crippen LogP contribution in [0, 0.1) is 0 Å². The van der Waals surface area contributed by atoms with Crippen molar-refractivity contribution in [3.63, 3.8) is 0 Å². The highest BCUT2D eigenvalue weighted by atomic mass is 35.5. The summed E-state index contributed by atoms with van der Waals surface area (Å²) in [5, 5.41) is 5.88. The Balaban J connectivity index is 1.20. The summed E-state index contributed by atoms with van der Waals surface area (Å²) in [6.07, 6.45) is 3.37. The van der Waals surface area contributed by atoms with Gasteiger partial charge in [0.25, 0.3) is 0 Å². The molecule has 6 rings (SSSR count). The molecule has 9 heteroatoms. The highest BCUT2D eigenvalue weighted by Crippen LogP contribution is 2.46. The summed E-state index contributed by atoms with van der Waals surface area (Å²) in [6, 6.07) is 16.3. The number of aryl methyl sites for hydroxylation is 1. The van der Waals surface area contributed by atoms with E-state index < -0.39 is 0 Å². The number of benzene rings is 3. The average molecular weight is 585 g/mol. The van der Waals surface area contributed by atoms with E-state index in [1.165, 1.54) is 7.11 Å². The fourth-order valence-electron chi connectivity index (χ4n) is 4.91. The third-order valence-electron chi connectivity index (χ3n) is 7.09. The van der Waals surface area contributed by atoms with Gasteiger partial charge in [-0.15, -0.1) is 0 Å². The number of aromatic nitrogens is 1. The van der Waals surface area contributed by atoms with E-state index in [-0.39, 0.29) is 18.7 Å². The van der Waals surface area contributed by atoms with Crippen LogP contribution in [0.25, 0.3) is 11.3 Å². The average Bonchev–Trinajstić information content (AvgIpc) is 3.71. The Labute approximate surface area is 240 Å². The van der Waals surface area contributed by atoms with Crippen LogP contribution in [0.2, 0.25) is 15.1 Å². The van der Waals surface area contributed by atoms with Gasteiger partial charge in [-0.3, -0.25) is 0 Å². The quantitative estimate of drug-likeness (QED) is 0.203. The Morgan fingerprint density at radius 3 is 2.51 bits per heavy atom. The number of rotatable bonds is 7. The zero-order chi connectivity index (χ0) is 27.1. The third kappa shape index (κ3) is 5.21. The van der Waals surface area contributed by atoms with Gasteiger partial charge in [-0.25, -0.2) is 4.79 Å². The predicted molar refractivity (Wildman–Crippen MR) is 149 cm³/mol. The second kappa shape index (κ2) is 10.8. The van der Waals surface area contributed by atoms with Crippen LogP contribution in [0.3, 0.4) is 0 Å². The highest BCUT2D eigenvalue weighted by molar-refractivity contribution is 6.39. The lowest BCUT2D eigenvalue weighted by atomic mass is 9.96. The summed E-state index contributed by atoms with van der Waals surface area (Å²) in [7, 11) is 1.37. The van der Waals surface area contributed by atoms with Gasteiger partial charge < -0.3 is 18.7 Å². The van der Waals surface area contributed by atoms with Gasteiger partial charge in [0.1, 0.15) is 35.7 Å². The van der Waals surface area contributed by atoms with Crippen molar-refractivity contribution in [2.45, 2.75) is 44.3 Å². The van der Waals surface area contributed by atoms with Crippen molar-refractivity contribution in [2.75, 3.05) is 7.11 Å². The van der Waals surface area contributed by atoms with Gasteiger partial charge >= 0.3 is 5.97 Å². The molecule has 0 spiro atoms. The van der Waals surface area contributed by atoms with Crippen LogP contribution in [0.4, 0.5) is 0 Å². The van der Waals surface area contributed by atoms with Gasteiger partial charge in [0, 0.05) is 17.0 Å². The monoisotopic (exact) mass is 583 g/mol. The molecule has 0 N–H and O–H groups in total. The largest absolute Gasteiger partial charge is 0.489 e. The molecule has 1 fully saturated rings. The van der Waals surface area contributed by atoms with Gasteiger partial charge in [-0.2, -0.15) is 0 Å². The van der Waals surface area contributed by atoms with Crippen molar-refractivity contribution in [1.29, 1.82) is 0 Å². The van der Waals surface area contributed by atoms with E-state index in [0.717, 1.165) is 53.9 Å². The Morgan fingerprint density at radius 2 is 1.79 bits per heavy atom. The summed E-state index contributed by atoms with van der Waals surface area (Å²) in [4.78, 5) is 11.9. The van der Waals surface area contributed by atoms with Crippen molar-refractivity contribution in [3.8, 4) is 22.8 Å². The lowest BCUT2D eigenvalue weighted by Gasteiger charge is -2.27. The molecule has 1 aliphatic heterocycles. The van der Waals surface area contributed by atoms with Crippen LogP contribution in [-0.4, -0.2) is 18.2 Å². The van der Waals surface area contributed by atoms with Crippen molar-refractivity contribution < 1.29 is 23.5 Å². The zero-order valence-corrected chi connectivity index (χ0v) is 23.3. The number of hydrogen-bond donors (Lipinski definition) is 0. The van der Waals surface area contributed by atoms with E-state index in [2.05, 4.69) is 5.16 Å². The van der Waals surface area contributed by atoms with Crippen molar-refractivity contribution in [1.82, 2.24) is 5.16 Å². The molecule has 4 aromatic rings. The minimum Gasteiger partial charge on any atom is -0.489 e. The second-order valence-electron chi connectivity index (χ2n) is 9.68. The molecular formula is C30H24Cl3NO5. The summed E-state index contributed by atoms with van der Waals surface area (Å²) in [6.45, 7) is 0.234. The van der Waals surface area contributed by atoms with Crippen molar-refractivity contribution in [2.24, 2.45) is 0 Å². The van der Waals surface area contributed by atoms with E-state index in [4.69, 9.17) is 53.5 Å². The molecule has 0 saturated heterocycles. The van der Waals surface area contributed by atoms with E-state index in [1.54, 1.807) is 36.4 Å². The first-order valence-electron chi connectivity index (χ1n) is 12.7. The zero-order valence-electron chi connectivity index (χ0n) is 21.0.